The molecule has 1 unspecified atom stereocenters. The Morgan fingerprint density at radius 2 is 1.83 bits per heavy atom. The molecule has 6 nitrogen and oxygen atoms in total. The topological polar surface area (TPSA) is 74.2 Å². The van der Waals surface area contributed by atoms with Crippen molar-refractivity contribution in [3.8, 4) is 11.5 Å². The van der Waals surface area contributed by atoms with Crippen molar-refractivity contribution >= 4 is 17.5 Å². The molecule has 36 heavy (non-hydrogen) atoms. The third-order valence-electron chi connectivity index (χ3n) is 7.00. The Labute approximate surface area is 211 Å². The van der Waals surface area contributed by atoms with Crippen molar-refractivity contribution < 1.29 is 28.2 Å². The lowest BCUT2D eigenvalue weighted by Gasteiger charge is -2.36. The van der Waals surface area contributed by atoms with Crippen molar-refractivity contribution in [2.24, 2.45) is 10.9 Å². The lowest BCUT2D eigenvalue weighted by molar-refractivity contribution is -0.146. The minimum absolute atomic E-state index is 0.123. The molecule has 7 heteroatoms. The number of hydrogen-bond acceptors (Lipinski definition) is 6. The van der Waals surface area contributed by atoms with E-state index in [-0.39, 0.29) is 24.7 Å². The molecule has 0 bridgehead atoms. The van der Waals surface area contributed by atoms with Crippen LogP contribution < -0.4 is 9.47 Å². The van der Waals surface area contributed by atoms with Crippen LogP contribution in [0, 0.1) is 11.7 Å². The van der Waals surface area contributed by atoms with Crippen LogP contribution in [-0.2, 0) is 14.3 Å². The number of hydrogen-bond donors (Lipinski definition) is 0. The first-order valence-corrected chi connectivity index (χ1v) is 12.3. The highest BCUT2D eigenvalue weighted by Crippen LogP contribution is 2.48. The van der Waals surface area contributed by atoms with Gasteiger partial charge in [-0.1, -0.05) is 37.6 Å². The van der Waals surface area contributed by atoms with Crippen LogP contribution in [0.4, 0.5) is 4.39 Å². The first-order chi connectivity index (χ1) is 17.4. The molecule has 1 heterocycles. The lowest BCUT2D eigenvalue weighted by atomic mass is 9.69. The number of aliphatic imine (C=N–C) groups is 1. The van der Waals surface area contributed by atoms with Gasteiger partial charge >= 0.3 is 5.97 Å². The summed E-state index contributed by atoms with van der Waals surface area (Å²) in [6, 6.07) is 11.9. The first kappa shape index (κ1) is 25.6. The van der Waals surface area contributed by atoms with E-state index in [1.165, 1.54) is 6.07 Å². The molecule has 190 valence electrons. The van der Waals surface area contributed by atoms with Gasteiger partial charge in [0.2, 0.25) is 0 Å². The number of ether oxygens (including phenoxy) is 3. The fourth-order valence-corrected chi connectivity index (χ4v) is 5.18. The monoisotopic (exact) mass is 493 g/mol. The Morgan fingerprint density at radius 3 is 2.53 bits per heavy atom. The number of benzene rings is 2. The molecule has 2 aromatic rings. The number of carbonyl (C=O) groups is 2. The summed E-state index contributed by atoms with van der Waals surface area (Å²) in [5.74, 6) is -1.60. The van der Waals surface area contributed by atoms with Crippen LogP contribution in [0.5, 0.6) is 11.5 Å². The zero-order valence-electron chi connectivity index (χ0n) is 21.2. The molecule has 2 aliphatic rings. The Morgan fingerprint density at radius 1 is 1.08 bits per heavy atom. The molecule has 4 rings (SSSR count). The Bertz CT molecular complexity index is 1220. The first-order valence-electron chi connectivity index (χ1n) is 12.3. The van der Waals surface area contributed by atoms with E-state index in [9.17, 15) is 9.59 Å². The zero-order valence-corrected chi connectivity index (χ0v) is 21.2. The summed E-state index contributed by atoms with van der Waals surface area (Å²) < 4.78 is 31.4. The van der Waals surface area contributed by atoms with E-state index in [4.69, 9.17) is 19.2 Å². The van der Waals surface area contributed by atoms with Crippen molar-refractivity contribution in [2.45, 2.75) is 51.4 Å². The summed E-state index contributed by atoms with van der Waals surface area (Å²) in [7, 11) is 3.15. The van der Waals surface area contributed by atoms with E-state index in [1.54, 1.807) is 39.3 Å². The number of esters is 1. The molecule has 1 aliphatic heterocycles. The van der Waals surface area contributed by atoms with Crippen LogP contribution in [0.1, 0.15) is 62.5 Å². The largest absolute Gasteiger partial charge is 0.493 e. The molecule has 0 saturated heterocycles. The normalized spacial score (nSPS) is 21.5. The van der Waals surface area contributed by atoms with Crippen LogP contribution in [0.3, 0.4) is 0 Å². The van der Waals surface area contributed by atoms with Crippen LogP contribution in [-0.4, -0.2) is 38.3 Å². The maximum absolute atomic E-state index is 15.1. The summed E-state index contributed by atoms with van der Waals surface area (Å²) >= 11 is 0. The molecule has 0 spiro atoms. The summed E-state index contributed by atoms with van der Waals surface area (Å²) in [5.41, 5.74) is 2.80. The van der Waals surface area contributed by atoms with E-state index < -0.39 is 23.6 Å². The standard InChI is InChI=1S/C29H32FNO5/c1-5-6-13-36-29(33)26-17(2)31-22-14-19(18-11-12-24(34-3)25(16-18)35-4)15-23(32)28(22)27(26)20-9-7-8-10-21(20)30/h7-12,16,19,26-27H,5-6,13-15H2,1-4H3/t19-,26?,27-/m1/s1. The predicted octanol–water partition coefficient (Wildman–Crippen LogP) is 5.76. The van der Waals surface area contributed by atoms with Gasteiger partial charge in [-0.3, -0.25) is 14.6 Å². The number of allylic oxidation sites excluding steroid dienone is 2. The van der Waals surface area contributed by atoms with Crippen molar-refractivity contribution in [1.82, 2.24) is 0 Å². The second kappa shape index (κ2) is 11.1. The molecule has 0 saturated carbocycles. The molecular weight excluding hydrogens is 461 g/mol. The molecule has 0 N–H and O–H groups in total. The summed E-state index contributed by atoms with van der Waals surface area (Å²) in [6.45, 7) is 4.05. The van der Waals surface area contributed by atoms with Gasteiger partial charge in [0, 0.05) is 29.3 Å². The second-order valence-electron chi connectivity index (χ2n) is 9.25. The Hall–Kier alpha value is -3.48. The number of methoxy groups -OCH3 is 2. The summed E-state index contributed by atoms with van der Waals surface area (Å²) in [4.78, 5) is 31.6. The third-order valence-corrected chi connectivity index (χ3v) is 7.00. The van der Waals surface area contributed by atoms with Gasteiger partial charge in [-0.15, -0.1) is 0 Å². The van der Waals surface area contributed by atoms with Gasteiger partial charge in [0.1, 0.15) is 11.7 Å². The minimum atomic E-state index is -0.848. The molecule has 0 radical (unpaired) electrons. The van der Waals surface area contributed by atoms with E-state index >= 15 is 4.39 Å². The number of unbranched alkanes of at least 4 members (excludes halogenated alkanes) is 1. The average molecular weight is 494 g/mol. The van der Waals surface area contributed by atoms with Crippen molar-refractivity contribution in [1.29, 1.82) is 0 Å². The van der Waals surface area contributed by atoms with Gasteiger partial charge in [0.15, 0.2) is 17.3 Å². The minimum Gasteiger partial charge on any atom is -0.493 e. The van der Waals surface area contributed by atoms with E-state index in [2.05, 4.69) is 0 Å². The number of ketones is 1. The maximum Gasteiger partial charge on any atom is 0.315 e. The van der Waals surface area contributed by atoms with Crippen molar-refractivity contribution in [3.05, 3.63) is 70.7 Å². The molecule has 0 aromatic heterocycles. The smallest absolute Gasteiger partial charge is 0.315 e. The number of rotatable bonds is 8. The van der Waals surface area contributed by atoms with Crippen LogP contribution in [0.25, 0.3) is 0 Å². The average Bonchev–Trinajstić information content (AvgIpc) is 2.87. The highest BCUT2D eigenvalue weighted by Gasteiger charge is 2.45. The molecular formula is C29H32FNO5. The van der Waals surface area contributed by atoms with E-state index in [1.807, 2.05) is 25.1 Å². The van der Waals surface area contributed by atoms with Crippen molar-refractivity contribution in [2.75, 3.05) is 20.8 Å². The number of carbonyl (C=O) groups excluding carboxylic acids is 2. The molecule has 0 fully saturated rings. The van der Waals surface area contributed by atoms with Gasteiger partial charge < -0.3 is 14.2 Å². The van der Waals surface area contributed by atoms with Crippen molar-refractivity contribution in [3.63, 3.8) is 0 Å². The van der Waals surface area contributed by atoms with Gasteiger partial charge in [-0.25, -0.2) is 4.39 Å². The van der Waals surface area contributed by atoms with Crippen LogP contribution >= 0.6 is 0 Å². The van der Waals surface area contributed by atoms with Gasteiger partial charge in [0.25, 0.3) is 0 Å². The number of Topliss-reactive ketones (excluding diaryl/α,β-unsaturated/α-hetero) is 1. The van der Waals surface area contributed by atoms with Gasteiger partial charge in [0.05, 0.1) is 20.8 Å². The lowest BCUT2D eigenvalue weighted by Crippen LogP contribution is -2.38. The van der Waals surface area contributed by atoms with E-state index in [0.717, 1.165) is 18.4 Å². The highest BCUT2D eigenvalue weighted by atomic mass is 19.1. The fourth-order valence-electron chi connectivity index (χ4n) is 5.18. The quantitative estimate of drug-likeness (QED) is 0.345. The van der Waals surface area contributed by atoms with Crippen LogP contribution in [0.15, 0.2) is 58.7 Å². The molecule has 0 amide bonds. The second-order valence-corrected chi connectivity index (χ2v) is 9.25. The SMILES string of the molecule is CCCCOC(=O)C1C(C)=NC2=C(C(=O)C[C@H](c3ccc(OC)c(OC)c3)C2)[C@@H]1c1ccccc1F. The zero-order chi connectivity index (χ0) is 25.8. The highest BCUT2D eigenvalue weighted by molar-refractivity contribution is 6.09. The molecule has 2 aromatic carbocycles. The summed E-state index contributed by atoms with van der Waals surface area (Å²) in [6.07, 6.45) is 2.34. The molecule has 1 aliphatic carbocycles. The number of halogens is 1. The third kappa shape index (κ3) is 4.92. The van der Waals surface area contributed by atoms with E-state index in [0.29, 0.717) is 40.5 Å². The summed E-state index contributed by atoms with van der Waals surface area (Å²) in [5, 5.41) is 0. The van der Waals surface area contributed by atoms with Gasteiger partial charge in [-0.05, 0) is 55.0 Å². The maximum atomic E-state index is 15.1. The Kier molecular flexibility index (Phi) is 7.87. The fraction of sp³-hybridized carbons (Fsp3) is 0.414. The van der Waals surface area contributed by atoms with Gasteiger partial charge in [-0.2, -0.15) is 0 Å². The molecule has 3 atom stereocenters. The number of nitrogens with zero attached hydrogens (tertiary/aromatic N) is 1. The predicted molar refractivity (Wildman–Crippen MR) is 135 cm³/mol. The van der Waals surface area contributed by atoms with Crippen LogP contribution in [0.2, 0.25) is 0 Å². The Balaban J connectivity index is 1.75.